The number of aryl methyl sites for hydroxylation is 2. The van der Waals surface area contributed by atoms with E-state index < -0.39 is 30.9 Å². The van der Waals surface area contributed by atoms with Crippen molar-refractivity contribution >= 4 is 11.7 Å². The van der Waals surface area contributed by atoms with Crippen LogP contribution in [0.3, 0.4) is 0 Å². The highest BCUT2D eigenvalue weighted by atomic mass is 19.3. The molecule has 1 aliphatic heterocycles. The van der Waals surface area contributed by atoms with Crippen molar-refractivity contribution < 1.29 is 18.7 Å². The summed E-state index contributed by atoms with van der Waals surface area (Å²) in [6.45, 7) is 3.07. The van der Waals surface area contributed by atoms with Gasteiger partial charge in [0.1, 0.15) is 0 Å². The van der Waals surface area contributed by atoms with Gasteiger partial charge in [-0.15, -0.1) is 0 Å². The molecule has 2 aromatic rings. The lowest BCUT2D eigenvalue weighted by atomic mass is 9.87. The normalized spacial score (nSPS) is 18.6. The average Bonchev–Trinajstić information content (AvgIpc) is 2.77. The molecule has 1 fully saturated rings. The molecule has 3 rings (SSSR count). The van der Waals surface area contributed by atoms with E-state index in [1.807, 2.05) is 0 Å². The topological polar surface area (TPSA) is 131 Å². The SMILES string of the molecule is CCCc1ccc(=O)n(C/C(=C(/N)c2ccc(C3CN(CC(=O)O)CC(F)(F)C3)c(C)n2)N(C)N)c1. The van der Waals surface area contributed by atoms with Crippen molar-refractivity contribution in [2.24, 2.45) is 11.6 Å². The number of nitrogens with two attached hydrogens (primary N) is 2. The van der Waals surface area contributed by atoms with Crippen molar-refractivity contribution in [3.05, 3.63) is 69.0 Å². The summed E-state index contributed by atoms with van der Waals surface area (Å²) < 4.78 is 30.3. The van der Waals surface area contributed by atoms with Crippen LogP contribution in [-0.4, -0.2) is 63.1 Å². The molecule has 1 unspecified atom stereocenters. The number of carboxylic acids is 1. The number of carbonyl (C=O) groups is 1. The number of pyridine rings is 2. The fraction of sp³-hybridized carbons (Fsp3) is 0.480. The first-order valence-electron chi connectivity index (χ1n) is 11.9. The molecule has 0 amide bonds. The number of aliphatic carboxylic acids is 1. The molecule has 11 heteroatoms. The number of hydrazine groups is 1. The zero-order valence-corrected chi connectivity index (χ0v) is 20.9. The van der Waals surface area contributed by atoms with Gasteiger partial charge in [0.25, 0.3) is 11.5 Å². The van der Waals surface area contributed by atoms with Gasteiger partial charge in [0.2, 0.25) is 0 Å². The minimum absolute atomic E-state index is 0.136. The second kappa shape index (κ2) is 11.2. The van der Waals surface area contributed by atoms with Gasteiger partial charge >= 0.3 is 5.97 Å². The fourth-order valence-corrected chi connectivity index (χ4v) is 4.70. The van der Waals surface area contributed by atoms with E-state index in [0.29, 0.717) is 22.6 Å². The largest absolute Gasteiger partial charge is 0.480 e. The van der Waals surface area contributed by atoms with E-state index in [-0.39, 0.29) is 30.8 Å². The number of hydrogen-bond donors (Lipinski definition) is 3. The Hall–Kier alpha value is -3.31. The summed E-state index contributed by atoms with van der Waals surface area (Å²) in [7, 11) is 1.62. The van der Waals surface area contributed by atoms with Gasteiger partial charge < -0.3 is 20.4 Å². The van der Waals surface area contributed by atoms with Crippen LogP contribution in [-0.2, 0) is 17.8 Å². The number of hydrogen-bond acceptors (Lipinski definition) is 7. The van der Waals surface area contributed by atoms with E-state index in [1.165, 1.54) is 16.0 Å². The van der Waals surface area contributed by atoms with Crippen LogP contribution in [0.15, 0.2) is 41.0 Å². The van der Waals surface area contributed by atoms with Gasteiger partial charge in [-0.1, -0.05) is 25.5 Å². The lowest BCUT2D eigenvalue weighted by molar-refractivity contribution is -0.141. The quantitative estimate of drug-likeness (QED) is 0.350. The fourth-order valence-electron chi connectivity index (χ4n) is 4.70. The molecule has 0 bridgehead atoms. The Bertz CT molecular complexity index is 1190. The van der Waals surface area contributed by atoms with Crippen molar-refractivity contribution in [1.82, 2.24) is 19.5 Å². The highest BCUT2D eigenvalue weighted by molar-refractivity contribution is 5.69. The Morgan fingerprint density at radius 1 is 1.28 bits per heavy atom. The van der Waals surface area contributed by atoms with Crippen LogP contribution in [0.2, 0.25) is 0 Å². The molecule has 3 heterocycles. The van der Waals surface area contributed by atoms with Crippen LogP contribution in [0.1, 0.15) is 48.2 Å². The Kier molecular flexibility index (Phi) is 8.47. The van der Waals surface area contributed by atoms with E-state index in [9.17, 15) is 18.4 Å². The minimum Gasteiger partial charge on any atom is -0.480 e. The van der Waals surface area contributed by atoms with Crippen LogP contribution in [0.4, 0.5) is 8.78 Å². The molecule has 1 aliphatic rings. The van der Waals surface area contributed by atoms with Gasteiger partial charge in [-0.25, -0.2) is 14.6 Å². The lowest BCUT2D eigenvalue weighted by Crippen LogP contribution is -2.48. The van der Waals surface area contributed by atoms with Crippen molar-refractivity contribution in [2.45, 2.75) is 51.5 Å². The molecule has 5 N–H and O–H groups in total. The summed E-state index contributed by atoms with van der Waals surface area (Å²) in [6, 6.07) is 6.67. The zero-order chi connectivity index (χ0) is 26.6. The van der Waals surface area contributed by atoms with Gasteiger partial charge in [-0.05, 0) is 30.5 Å². The molecule has 0 aromatic carbocycles. The highest BCUT2D eigenvalue weighted by Gasteiger charge is 2.41. The number of halogens is 2. The highest BCUT2D eigenvalue weighted by Crippen LogP contribution is 2.37. The second-order valence-corrected chi connectivity index (χ2v) is 9.42. The zero-order valence-electron chi connectivity index (χ0n) is 20.9. The molecular formula is C25H34F2N6O3. The summed E-state index contributed by atoms with van der Waals surface area (Å²) in [5.41, 5.74) is 9.56. The first kappa shape index (κ1) is 27.3. The van der Waals surface area contributed by atoms with E-state index in [0.717, 1.165) is 18.4 Å². The predicted molar refractivity (Wildman–Crippen MR) is 133 cm³/mol. The van der Waals surface area contributed by atoms with Crippen LogP contribution < -0.4 is 17.1 Å². The van der Waals surface area contributed by atoms with Crippen molar-refractivity contribution in [3.8, 4) is 0 Å². The molecule has 0 aliphatic carbocycles. The molecule has 9 nitrogen and oxygen atoms in total. The van der Waals surface area contributed by atoms with E-state index >= 15 is 0 Å². The summed E-state index contributed by atoms with van der Waals surface area (Å²) >= 11 is 0. The summed E-state index contributed by atoms with van der Waals surface area (Å²) in [4.78, 5) is 29.3. The minimum atomic E-state index is -3.00. The van der Waals surface area contributed by atoms with E-state index in [4.69, 9.17) is 16.7 Å². The van der Waals surface area contributed by atoms with Gasteiger partial charge in [-0.3, -0.25) is 19.5 Å². The molecule has 0 saturated carbocycles. The summed E-state index contributed by atoms with van der Waals surface area (Å²) in [6.07, 6.45) is 3.18. The molecular weight excluding hydrogens is 470 g/mol. The Morgan fingerprint density at radius 2 is 2.00 bits per heavy atom. The number of allylic oxidation sites excluding steroid dienone is 1. The Balaban J connectivity index is 1.92. The number of rotatable bonds is 9. The number of carboxylic acid groups (broad SMARTS) is 1. The standard InChI is InChI=1S/C25H34F2N6O3/c1-4-5-17-6-9-22(34)33(11-17)13-21(31(3)29)24(28)20-8-7-19(16(2)30-20)18-10-25(26,27)15-32(12-18)14-23(35)36/h6-9,11,18H,4-5,10,12-15,28-29H2,1-3H3,(H,35,36)/b24-21-. The molecule has 196 valence electrons. The third-order valence-corrected chi connectivity index (χ3v) is 6.32. The van der Waals surface area contributed by atoms with Crippen LogP contribution in [0.25, 0.3) is 5.70 Å². The first-order chi connectivity index (χ1) is 16.9. The number of alkyl halides is 2. The molecule has 2 aromatic heterocycles. The summed E-state index contributed by atoms with van der Waals surface area (Å²) in [5.74, 6) is 1.33. The molecule has 1 atom stereocenters. The molecule has 1 saturated heterocycles. The molecule has 0 radical (unpaired) electrons. The Morgan fingerprint density at radius 3 is 2.61 bits per heavy atom. The van der Waals surface area contributed by atoms with Crippen molar-refractivity contribution in [1.29, 1.82) is 0 Å². The van der Waals surface area contributed by atoms with E-state index in [1.54, 1.807) is 42.9 Å². The maximum absolute atomic E-state index is 14.4. The van der Waals surface area contributed by atoms with Crippen LogP contribution in [0.5, 0.6) is 0 Å². The maximum Gasteiger partial charge on any atom is 0.317 e. The number of likely N-dealkylation sites (tertiary alicyclic amines) is 1. The molecule has 0 spiro atoms. The van der Waals surface area contributed by atoms with E-state index in [2.05, 4.69) is 11.9 Å². The molecule has 36 heavy (non-hydrogen) atoms. The predicted octanol–water partition coefficient (Wildman–Crippen LogP) is 2.15. The van der Waals surface area contributed by atoms with Gasteiger partial charge in [-0.2, -0.15) is 0 Å². The van der Waals surface area contributed by atoms with Gasteiger partial charge in [0, 0.05) is 43.9 Å². The Labute approximate surface area is 209 Å². The third-order valence-electron chi connectivity index (χ3n) is 6.32. The number of nitrogens with zero attached hydrogens (tertiary/aromatic N) is 4. The number of likely N-dealkylation sites (N-methyl/N-ethyl adjacent to an activating group) is 1. The number of piperidine rings is 1. The van der Waals surface area contributed by atoms with Crippen molar-refractivity contribution in [2.75, 3.05) is 26.7 Å². The van der Waals surface area contributed by atoms with Gasteiger partial charge in [0.15, 0.2) is 0 Å². The third kappa shape index (κ3) is 6.67. The van der Waals surface area contributed by atoms with Crippen molar-refractivity contribution in [3.63, 3.8) is 0 Å². The number of aromatic nitrogens is 2. The monoisotopic (exact) mass is 504 g/mol. The average molecular weight is 505 g/mol. The first-order valence-corrected chi connectivity index (χ1v) is 11.9. The lowest BCUT2D eigenvalue weighted by Gasteiger charge is -2.37. The van der Waals surface area contributed by atoms with Gasteiger partial charge in [0.05, 0.1) is 36.7 Å². The maximum atomic E-state index is 14.4. The smallest absolute Gasteiger partial charge is 0.317 e. The summed E-state index contributed by atoms with van der Waals surface area (Å²) in [5, 5.41) is 10.4. The van der Waals surface area contributed by atoms with Crippen LogP contribution in [0, 0.1) is 6.92 Å². The second-order valence-electron chi connectivity index (χ2n) is 9.42. The van der Waals surface area contributed by atoms with Crippen LogP contribution >= 0.6 is 0 Å².